The number of benzene rings is 1. The van der Waals surface area contributed by atoms with Crippen LogP contribution in [-0.2, 0) is 23.1 Å². The van der Waals surface area contributed by atoms with Crippen LogP contribution in [0.15, 0.2) is 36.7 Å². The number of hydrogen-bond donors (Lipinski definition) is 2. The van der Waals surface area contributed by atoms with E-state index in [1.54, 1.807) is 17.9 Å². The second kappa shape index (κ2) is 12.7. The molecule has 2 heterocycles. The Balaban J connectivity index is 0.00000240. The third kappa shape index (κ3) is 6.93. The molecule has 3 rings (SSSR count). The highest BCUT2D eigenvalue weighted by molar-refractivity contribution is 5.93. The lowest BCUT2D eigenvalue weighted by Gasteiger charge is -2.36. The molecule has 0 spiro atoms. The number of rotatable bonds is 7. The molecule has 2 amide bonds. The molecule has 8 nitrogen and oxygen atoms in total. The summed E-state index contributed by atoms with van der Waals surface area (Å²) < 4.78 is 1.69. The number of anilines is 1. The number of aryl methyl sites for hydroxylation is 2. The Bertz CT molecular complexity index is 852. The van der Waals surface area contributed by atoms with E-state index in [1.807, 2.05) is 42.4 Å². The Hall–Kier alpha value is -2.13. The van der Waals surface area contributed by atoms with Crippen molar-refractivity contribution in [1.29, 1.82) is 0 Å². The SMILES string of the molecule is CCc1ccccc1NC(=O)CN1CCN(C(=O)C(NC)c2cnn(C)c2)CC1.Cl.Cl. The van der Waals surface area contributed by atoms with Gasteiger partial charge in [-0.2, -0.15) is 5.10 Å². The summed E-state index contributed by atoms with van der Waals surface area (Å²) in [5, 5.41) is 10.3. The smallest absolute Gasteiger partial charge is 0.244 e. The fourth-order valence-corrected chi connectivity index (χ4v) is 3.67. The zero-order valence-corrected chi connectivity index (χ0v) is 19.8. The van der Waals surface area contributed by atoms with Crippen molar-refractivity contribution in [2.24, 2.45) is 7.05 Å². The fourth-order valence-electron chi connectivity index (χ4n) is 3.67. The van der Waals surface area contributed by atoms with Crippen molar-refractivity contribution in [2.45, 2.75) is 19.4 Å². The quantitative estimate of drug-likeness (QED) is 0.645. The largest absolute Gasteiger partial charge is 0.338 e. The molecule has 0 aliphatic carbocycles. The molecule has 2 N–H and O–H groups in total. The van der Waals surface area contributed by atoms with Gasteiger partial charge in [0.1, 0.15) is 6.04 Å². The summed E-state index contributed by atoms with van der Waals surface area (Å²) in [6.45, 7) is 4.98. The molecule has 1 aromatic heterocycles. The lowest BCUT2D eigenvalue weighted by atomic mass is 10.1. The fraction of sp³-hybridized carbons (Fsp3) is 0.476. The van der Waals surface area contributed by atoms with Crippen molar-refractivity contribution in [3.63, 3.8) is 0 Å². The van der Waals surface area contributed by atoms with E-state index in [0.717, 1.165) is 23.2 Å². The highest BCUT2D eigenvalue weighted by Gasteiger charge is 2.28. The summed E-state index contributed by atoms with van der Waals surface area (Å²) in [6, 6.07) is 7.47. The number of nitrogens with zero attached hydrogens (tertiary/aromatic N) is 4. The topological polar surface area (TPSA) is 82.5 Å². The van der Waals surface area contributed by atoms with Gasteiger partial charge in [0.15, 0.2) is 0 Å². The Morgan fingerprint density at radius 1 is 1.13 bits per heavy atom. The standard InChI is InChI=1S/C21H30N6O2.2ClH/c1-4-16-7-5-6-8-18(16)24-19(28)15-26-9-11-27(12-10-26)21(29)20(22-2)17-13-23-25(3)14-17;;/h5-8,13-14,20,22H,4,9-12,15H2,1-3H3,(H,24,28);2*1H. The first kappa shape index (κ1) is 26.9. The summed E-state index contributed by atoms with van der Waals surface area (Å²) >= 11 is 0. The molecular formula is C21H32Cl2N6O2. The second-order valence-electron chi connectivity index (χ2n) is 7.33. The van der Waals surface area contributed by atoms with Crippen LogP contribution >= 0.6 is 24.8 Å². The minimum atomic E-state index is -0.399. The molecule has 1 unspecified atom stereocenters. The zero-order chi connectivity index (χ0) is 20.8. The predicted octanol–water partition coefficient (Wildman–Crippen LogP) is 1.87. The van der Waals surface area contributed by atoms with Gasteiger partial charge in [-0.15, -0.1) is 24.8 Å². The van der Waals surface area contributed by atoms with E-state index in [1.165, 1.54) is 0 Å². The van der Waals surface area contributed by atoms with E-state index in [0.29, 0.717) is 32.7 Å². The summed E-state index contributed by atoms with van der Waals surface area (Å²) in [5.74, 6) is 0.0237. The van der Waals surface area contributed by atoms with Gasteiger partial charge in [-0.25, -0.2) is 0 Å². The normalized spacial score (nSPS) is 14.9. The molecule has 1 aromatic carbocycles. The van der Waals surface area contributed by atoms with Crippen LogP contribution in [0.4, 0.5) is 5.69 Å². The van der Waals surface area contributed by atoms with Crippen LogP contribution in [0.5, 0.6) is 0 Å². The van der Waals surface area contributed by atoms with Gasteiger partial charge in [-0.3, -0.25) is 19.2 Å². The van der Waals surface area contributed by atoms with Crippen LogP contribution in [0.3, 0.4) is 0 Å². The van der Waals surface area contributed by atoms with Gasteiger partial charge in [0.25, 0.3) is 0 Å². The Morgan fingerprint density at radius 3 is 2.39 bits per heavy atom. The van der Waals surface area contributed by atoms with Gasteiger partial charge in [-0.1, -0.05) is 25.1 Å². The number of hydrogen-bond acceptors (Lipinski definition) is 5. The first-order chi connectivity index (χ1) is 14.0. The van der Waals surface area contributed by atoms with E-state index in [-0.39, 0.29) is 36.6 Å². The first-order valence-electron chi connectivity index (χ1n) is 10.1. The number of carbonyl (C=O) groups is 2. The molecule has 31 heavy (non-hydrogen) atoms. The number of halogens is 2. The van der Waals surface area contributed by atoms with Gasteiger partial charge >= 0.3 is 0 Å². The number of nitrogens with one attached hydrogen (secondary N) is 2. The molecule has 1 saturated heterocycles. The van der Waals surface area contributed by atoms with E-state index < -0.39 is 6.04 Å². The van der Waals surface area contributed by atoms with Crippen molar-refractivity contribution in [2.75, 3.05) is 45.1 Å². The van der Waals surface area contributed by atoms with Crippen molar-refractivity contribution >= 4 is 42.3 Å². The van der Waals surface area contributed by atoms with Crippen molar-refractivity contribution in [3.05, 3.63) is 47.8 Å². The molecule has 10 heteroatoms. The molecule has 0 radical (unpaired) electrons. The average molecular weight is 471 g/mol. The van der Waals surface area contributed by atoms with Crippen molar-refractivity contribution in [1.82, 2.24) is 24.9 Å². The molecule has 0 saturated carbocycles. The van der Waals surface area contributed by atoms with Crippen LogP contribution in [0, 0.1) is 0 Å². The maximum Gasteiger partial charge on any atom is 0.244 e. The third-order valence-electron chi connectivity index (χ3n) is 5.32. The molecule has 1 atom stereocenters. The second-order valence-corrected chi connectivity index (χ2v) is 7.33. The Morgan fingerprint density at radius 2 is 1.81 bits per heavy atom. The Kier molecular flexibility index (Phi) is 11.0. The number of carbonyl (C=O) groups excluding carboxylic acids is 2. The van der Waals surface area contributed by atoms with Gasteiger partial charge in [0.2, 0.25) is 11.8 Å². The molecule has 172 valence electrons. The monoisotopic (exact) mass is 470 g/mol. The lowest BCUT2D eigenvalue weighted by molar-refractivity contribution is -0.135. The molecule has 0 bridgehead atoms. The van der Waals surface area contributed by atoms with E-state index in [2.05, 4.69) is 27.6 Å². The summed E-state index contributed by atoms with van der Waals surface area (Å²) in [7, 11) is 3.62. The highest BCUT2D eigenvalue weighted by Crippen LogP contribution is 2.17. The summed E-state index contributed by atoms with van der Waals surface area (Å²) in [5.41, 5.74) is 2.86. The number of piperazine rings is 1. The number of likely N-dealkylation sites (N-methyl/N-ethyl adjacent to an activating group) is 1. The van der Waals surface area contributed by atoms with Crippen LogP contribution in [0.1, 0.15) is 24.1 Å². The number of amides is 2. The third-order valence-corrected chi connectivity index (χ3v) is 5.32. The van der Waals surface area contributed by atoms with Gasteiger partial charge in [0.05, 0.1) is 12.7 Å². The number of para-hydroxylation sites is 1. The molecular weight excluding hydrogens is 439 g/mol. The first-order valence-corrected chi connectivity index (χ1v) is 10.1. The molecule has 1 aliphatic heterocycles. The summed E-state index contributed by atoms with van der Waals surface area (Å²) in [4.78, 5) is 29.3. The number of aromatic nitrogens is 2. The van der Waals surface area contributed by atoms with Crippen molar-refractivity contribution in [3.8, 4) is 0 Å². The van der Waals surface area contributed by atoms with E-state index in [9.17, 15) is 9.59 Å². The van der Waals surface area contributed by atoms with Crippen LogP contribution in [0.25, 0.3) is 0 Å². The van der Waals surface area contributed by atoms with E-state index in [4.69, 9.17) is 0 Å². The van der Waals surface area contributed by atoms with Gasteiger partial charge in [0, 0.05) is 50.7 Å². The molecule has 1 fully saturated rings. The molecule has 2 aromatic rings. The minimum absolute atomic E-state index is 0. The predicted molar refractivity (Wildman–Crippen MR) is 127 cm³/mol. The van der Waals surface area contributed by atoms with Crippen molar-refractivity contribution < 1.29 is 9.59 Å². The maximum atomic E-state index is 12.9. The molecule has 1 aliphatic rings. The lowest BCUT2D eigenvalue weighted by Crippen LogP contribution is -2.52. The van der Waals surface area contributed by atoms with Crippen LogP contribution in [-0.4, -0.2) is 71.2 Å². The van der Waals surface area contributed by atoms with Gasteiger partial charge in [-0.05, 0) is 25.1 Å². The zero-order valence-electron chi connectivity index (χ0n) is 18.2. The summed E-state index contributed by atoms with van der Waals surface area (Å²) in [6.07, 6.45) is 4.45. The Labute approximate surface area is 196 Å². The minimum Gasteiger partial charge on any atom is -0.338 e. The highest BCUT2D eigenvalue weighted by atomic mass is 35.5. The van der Waals surface area contributed by atoms with Crippen LogP contribution < -0.4 is 10.6 Å². The van der Waals surface area contributed by atoms with Gasteiger partial charge < -0.3 is 15.5 Å². The maximum absolute atomic E-state index is 12.9. The average Bonchev–Trinajstić information content (AvgIpc) is 3.15. The van der Waals surface area contributed by atoms with E-state index >= 15 is 0 Å². The van der Waals surface area contributed by atoms with Crippen LogP contribution in [0.2, 0.25) is 0 Å².